The topological polar surface area (TPSA) is 66.5 Å². The molecule has 3 rings (SSSR count). The van der Waals surface area contributed by atoms with Crippen LogP contribution in [0.25, 0.3) is 0 Å². The van der Waals surface area contributed by atoms with Gasteiger partial charge in [0.1, 0.15) is 0 Å². The molecule has 0 radical (unpaired) electrons. The van der Waals surface area contributed by atoms with E-state index in [9.17, 15) is 26.4 Å². The van der Waals surface area contributed by atoms with Gasteiger partial charge in [0.2, 0.25) is 5.91 Å². The number of benzene rings is 1. The van der Waals surface area contributed by atoms with Gasteiger partial charge in [-0.2, -0.15) is 13.2 Å². The molecule has 2 aliphatic heterocycles. The number of alkyl halides is 3. The molecule has 2 fully saturated rings. The number of anilines is 2. The van der Waals surface area contributed by atoms with Crippen LogP contribution < -0.4 is 10.2 Å². The van der Waals surface area contributed by atoms with Crippen LogP contribution in [0, 0.1) is 5.92 Å². The Morgan fingerprint density at radius 3 is 2.44 bits per heavy atom. The summed E-state index contributed by atoms with van der Waals surface area (Å²) in [6.45, 7) is 1.43. The molecule has 0 saturated carbocycles. The van der Waals surface area contributed by atoms with Gasteiger partial charge in [-0.05, 0) is 37.5 Å². The second kappa shape index (κ2) is 6.51. The number of hydrogen-bond acceptors (Lipinski definition) is 4. The molecule has 1 aromatic rings. The quantitative estimate of drug-likeness (QED) is 0.881. The molecule has 9 heteroatoms. The van der Waals surface area contributed by atoms with Crippen LogP contribution in [0.15, 0.2) is 18.2 Å². The third-order valence-electron chi connectivity index (χ3n) is 4.63. The fourth-order valence-corrected chi connectivity index (χ4v) is 5.02. The van der Waals surface area contributed by atoms with Crippen molar-refractivity contribution < 1.29 is 26.4 Å². The Bertz CT molecular complexity index is 771. The van der Waals surface area contributed by atoms with Crippen LogP contribution in [0.2, 0.25) is 0 Å². The van der Waals surface area contributed by atoms with Crippen molar-refractivity contribution in [2.75, 3.05) is 34.8 Å². The van der Waals surface area contributed by atoms with Gasteiger partial charge in [0.25, 0.3) is 0 Å². The minimum atomic E-state index is -4.51. The molecule has 5 nitrogen and oxygen atoms in total. The van der Waals surface area contributed by atoms with Gasteiger partial charge in [0, 0.05) is 13.1 Å². The largest absolute Gasteiger partial charge is 0.416 e. The van der Waals surface area contributed by atoms with Gasteiger partial charge >= 0.3 is 6.18 Å². The monoisotopic (exact) mass is 376 g/mol. The highest BCUT2D eigenvalue weighted by Crippen LogP contribution is 2.37. The molecular weight excluding hydrogens is 357 g/mol. The first-order chi connectivity index (χ1) is 11.7. The van der Waals surface area contributed by atoms with Crippen molar-refractivity contribution in [1.82, 2.24) is 0 Å². The van der Waals surface area contributed by atoms with Crippen LogP contribution in [-0.2, 0) is 20.8 Å². The minimum Gasteiger partial charge on any atom is -0.370 e. The predicted molar refractivity (Wildman–Crippen MR) is 88.3 cm³/mol. The van der Waals surface area contributed by atoms with E-state index in [-0.39, 0.29) is 23.6 Å². The van der Waals surface area contributed by atoms with Crippen molar-refractivity contribution in [2.24, 2.45) is 5.92 Å². The summed E-state index contributed by atoms with van der Waals surface area (Å²) in [7, 11) is -3.24. The number of halogens is 3. The van der Waals surface area contributed by atoms with Crippen LogP contribution in [0.5, 0.6) is 0 Å². The average molecular weight is 376 g/mol. The summed E-state index contributed by atoms with van der Waals surface area (Å²) in [5.41, 5.74) is -0.212. The van der Waals surface area contributed by atoms with Crippen molar-refractivity contribution >= 4 is 27.1 Å². The van der Waals surface area contributed by atoms with Crippen molar-refractivity contribution in [1.29, 1.82) is 0 Å². The summed E-state index contributed by atoms with van der Waals surface area (Å²) >= 11 is 0. The lowest BCUT2D eigenvalue weighted by molar-refractivity contribution is -0.137. The normalized spacial score (nSPS) is 23.0. The van der Waals surface area contributed by atoms with Gasteiger partial charge in [0.15, 0.2) is 9.84 Å². The van der Waals surface area contributed by atoms with Crippen LogP contribution in [0.3, 0.4) is 0 Å². The Morgan fingerprint density at radius 2 is 1.88 bits per heavy atom. The minimum absolute atomic E-state index is 0.0628. The highest BCUT2D eigenvalue weighted by atomic mass is 32.2. The van der Waals surface area contributed by atoms with Gasteiger partial charge in [-0.1, -0.05) is 0 Å². The number of nitrogens with one attached hydrogen (secondary N) is 1. The molecule has 0 spiro atoms. The lowest BCUT2D eigenvalue weighted by atomic mass is 10.1. The highest BCUT2D eigenvalue weighted by molar-refractivity contribution is 7.91. The number of amides is 1. The Hall–Kier alpha value is -1.77. The van der Waals surface area contributed by atoms with E-state index in [1.807, 2.05) is 4.90 Å². The molecule has 2 heterocycles. The predicted octanol–water partition coefficient (Wildman–Crippen LogP) is 2.68. The maximum absolute atomic E-state index is 13.0. The van der Waals surface area contributed by atoms with Crippen LogP contribution >= 0.6 is 0 Å². The summed E-state index contributed by atoms with van der Waals surface area (Å²) in [6, 6.07) is 3.30. The Kier molecular flexibility index (Phi) is 4.70. The second-order valence-electron chi connectivity index (χ2n) is 6.51. The molecule has 0 bridgehead atoms. The van der Waals surface area contributed by atoms with Gasteiger partial charge in [-0.25, -0.2) is 8.42 Å². The molecule has 0 aliphatic carbocycles. The Morgan fingerprint density at radius 1 is 1.20 bits per heavy atom. The summed E-state index contributed by atoms with van der Waals surface area (Å²) in [6.07, 6.45) is -2.43. The number of carbonyl (C=O) groups is 1. The van der Waals surface area contributed by atoms with Crippen molar-refractivity contribution in [3.8, 4) is 0 Å². The van der Waals surface area contributed by atoms with Crippen molar-refractivity contribution in [3.63, 3.8) is 0 Å². The van der Waals surface area contributed by atoms with Crippen molar-refractivity contribution in [2.45, 2.75) is 25.4 Å². The molecule has 1 amide bonds. The van der Waals surface area contributed by atoms with E-state index in [0.717, 1.165) is 25.0 Å². The summed E-state index contributed by atoms with van der Waals surface area (Å²) < 4.78 is 62.1. The fraction of sp³-hybridized carbons (Fsp3) is 0.562. The maximum Gasteiger partial charge on any atom is 0.416 e. The molecule has 0 aromatic heterocycles. The first-order valence-corrected chi connectivity index (χ1v) is 9.95. The molecule has 1 atom stereocenters. The lowest BCUT2D eigenvalue weighted by Crippen LogP contribution is -2.26. The van der Waals surface area contributed by atoms with E-state index in [1.165, 1.54) is 6.07 Å². The maximum atomic E-state index is 13.0. The van der Waals surface area contributed by atoms with Gasteiger partial charge < -0.3 is 10.2 Å². The molecule has 1 N–H and O–H groups in total. The summed E-state index contributed by atoms with van der Waals surface area (Å²) in [5, 5.41) is 2.53. The highest BCUT2D eigenvalue weighted by Gasteiger charge is 2.35. The third kappa shape index (κ3) is 4.08. The zero-order valence-corrected chi connectivity index (χ0v) is 14.3. The lowest BCUT2D eigenvalue weighted by Gasteiger charge is -2.23. The van der Waals surface area contributed by atoms with E-state index in [4.69, 9.17) is 0 Å². The zero-order chi connectivity index (χ0) is 18.2. The molecule has 138 valence electrons. The fourth-order valence-electron chi connectivity index (χ4n) is 3.28. The molecule has 1 aromatic carbocycles. The zero-order valence-electron chi connectivity index (χ0n) is 13.5. The molecule has 2 aliphatic rings. The number of hydrogen-bond donors (Lipinski definition) is 1. The van der Waals surface area contributed by atoms with Gasteiger partial charge in [-0.15, -0.1) is 0 Å². The third-order valence-corrected chi connectivity index (χ3v) is 6.40. The van der Waals surface area contributed by atoms with Gasteiger partial charge in [0.05, 0.1) is 34.4 Å². The first kappa shape index (κ1) is 18.0. The number of carbonyl (C=O) groups excluding carboxylic acids is 1. The molecular formula is C16H19F3N2O3S. The summed E-state index contributed by atoms with van der Waals surface area (Å²) in [4.78, 5) is 14.3. The molecule has 1 unspecified atom stereocenters. The van der Waals surface area contributed by atoms with E-state index in [1.54, 1.807) is 0 Å². The van der Waals surface area contributed by atoms with E-state index in [0.29, 0.717) is 18.8 Å². The number of rotatable bonds is 3. The van der Waals surface area contributed by atoms with Gasteiger partial charge in [-0.3, -0.25) is 4.79 Å². The van der Waals surface area contributed by atoms with E-state index in [2.05, 4.69) is 5.32 Å². The van der Waals surface area contributed by atoms with Crippen LogP contribution in [0.4, 0.5) is 24.5 Å². The Labute approximate surface area is 144 Å². The first-order valence-electron chi connectivity index (χ1n) is 8.13. The van der Waals surface area contributed by atoms with E-state index >= 15 is 0 Å². The molecule has 25 heavy (non-hydrogen) atoms. The summed E-state index contributed by atoms with van der Waals surface area (Å²) in [5.74, 6) is -1.57. The average Bonchev–Trinajstić information content (AvgIpc) is 3.15. The molecule has 2 saturated heterocycles. The van der Waals surface area contributed by atoms with Crippen molar-refractivity contribution in [3.05, 3.63) is 23.8 Å². The smallest absolute Gasteiger partial charge is 0.370 e. The second-order valence-corrected chi connectivity index (χ2v) is 8.74. The van der Waals surface area contributed by atoms with Crippen LogP contribution in [-0.4, -0.2) is 38.9 Å². The van der Waals surface area contributed by atoms with Crippen LogP contribution in [0.1, 0.15) is 24.8 Å². The standard InChI is InChI=1S/C16H19F3N2O3S/c17-16(18,19)12-3-4-14(21-6-1-2-7-21)13(9-12)20-15(22)11-5-8-25(23,24)10-11/h3-4,9,11H,1-2,5-8,10H2,(H,20,22). The Balaban J connectivity index is 1.87. The SMILES string of the molecule is O=C(Nc1cc(C(F)(F)F)ccc1N1CCCC1)C1CCS(=O)(=O)C1. The number of sulfone groups is 1. The number of nitrogens with zero attached hydrogens (tertiary/aromatic N) is 1. The van der Waals surface area contributed by atoms with E-state index < -0.39 is 33.4 Å².